The highest BCUT2D eigenvalue weighted by Gasteiger charge is 2.26. The molecule has 0 aliphatic carbocycles. The highest BCUT2D eigenvalue weighted by molar-refractivity contribution is 5.82. The number of carbonyl (C=O) groups is 1. The predicted octanol–water partition coefficient (Wildman–Crippen LogP) is -0.336. The zero-order chi connectivity index (χ0) is 17.6. The predicted molar refractivity (Wildman–Crippen MR) is 91.7 cm³/mol. The number of hydrogen-bond acceptors (Lipinski definition) is 7. The van der Waals surface area contributed by atoms with Crippen molar-refractivity contribution in [2.45, 2.75) is 18.9 Å². The van der Waals surface area contributed by atoms with Gasteiger partial charge >= 0.3 is 0 Å². The van der Waals surface area contributed by atoms with Crippen molar-refractivity contribution in [3.8, 4) is 0 Å². The Morgan fingerprint density at radius 3 is 1.56 bits per heavy atom. The van der Waals surface area contributed by atoms with Crippen LogP contribution in [-0.4, -0.2) is 103 Å². The highest BCUT2D eigenvalue weighted by atomic mass is 16.6. The Kier molecular flexibility index (Phi) is 11.0. The summed E-state index contributed by atoms with van der Waals surface area (Å²) in [7, 11) is 0. The molecule has 2 fully saturated rings. The van der Waals surface area contributed by atoms with E-state index >= 15 is 0 Å². The second-order valence-corrected chi connectivity index (χ2v) is 6.04. The summed E-state index contributed by atoms with van der Waals surface area (Å²) in [6, 6.07) is -0.0653. The third kappa shape index (κ3) is 8.94. The van der Waals surface area contributed by atoms with Crippen LogP contribution in [-0.2, 0) is 28.5 Å². The van der Waals surface area contributed by atoms with E-state index in [1.165, 1.54) is 0 Å². The fraction of sp³-hybridized carbons (Fsp3) is 0.941. The van der Waals surface area contributed by atoms with E-state index in [1.54, 1.807) is 0 Å². The van der Waals surface area contributed by atoms with Crippen LogP contribution in [0.3, 0.4) is 0 Å². The van der Waals surface area contributed by atoms with Crippen molar-refractivity contribution in [2.24, 2.45) is 0 Å². The molecule has 2 saturated heterocycles. The minimum atomic E-state index is -0.0653. The van der Waals surface area contributed by atoms with Gasteiger partial charge in [-0.3, -0.25) is 4.79 Å². The van der Waals surface area contributed by atoms with E-state index in [1.807, 2.05) is 4.90 Å². The Balaban J connectivity index is 1.74. The molecule has 0 radical (unpaired) electrons. The highest BCUT2D eigenvalue weighted by Crippen LogP contribution is 2.08. The molecule has 1 N–H and O–H groups in total. The molecule has 0 unspecified atom stereocenters. The molecule has 0 saturated carbocycles. The Hall–Kier alpha value is -0.770. The molecule has 1 amide bonds. The minimum absolute atomic E-state index is 0.0653. The maximum absolute atomic E-state index is 12.6. The maximum atomic E-state index is 12.6. The van der Waals surface area contributed by atoms with Crippen molar-refractivity contribution in [1.29, 1.82) is 0 Å². The Labute approximate surface area is 150 Å². The smallest absolute Gasteiger partial charge is 0.239 e. The fourth-order valence-electron chi connectivity index (χ4n) is 2.78. The van der Waals surface area contributed by atoms with Gasteiger partial charge in [0.05, 0.1) is 72.1 Å². The fourth-order valence-corrected chi connectivity index (χ4v) is 2.78. The molecular formula is C17H32N2O6. The van der Waals surface area contributed by atoms with Crippen LogP contribution in [0, 0.1) is 0 Å². The first-order chi connectivity index (χ1) is 12.4. The van der Waals surface area contributed by atoms with Gasteiger partial charge in [-0.1, -0.05) is 0 Å². The van der Waals surface area contributed by atoms with Gasteiger partial charge in [0.1, 0.15) is 0 Å². The molecule has 0 aromatic carbocycles. The summed E-state index contributed by atoms with van der Waals surface area (Å²) in [4.78, 5) is 14.4. The Morgan fingerprint density at radius 2 is 1.16 bits per heavy atom. The summed E-state index contributed by atoms with van der Waals surface area (Å²) < 4.78 is 27.4. The van der Waals surface area contributed by atoms with Crippen LogP contribution in [0.15, 0.2) is 0 Å². The number of amides is 1. The van der Waals surface area contributed by atoms with Crippen LogP contribution in [0.5, 0.6) is 0 Å². The Morgan fingerprint density at radius 1 is 0.720 bits per heavy atom. The number of nitrogens with zero attached hydrogens (tertiary/aromatic N) is 1. The monoisotopic (exact) mass is 360 g/mol. The summed E-state index contributed by atoms with van der Waals surface area (Å²) >= 11 is 0. The molecular weight excluding hydrogens is 328 g/mol. The number of hydrogen-bond donors (Lipinski definition) is 1. The maximum Gasteiger partial charge on any atom is 0.239 e. The summed E-state index contributed by atoms with van der Waals surface area (Å²) in [6.45, 7) is 7.34. The number of nitrogens with one attached hydrogen (secondary N) is 1. The van der Waals surface area contributed by atoms with Gasteiger partial charge in [-0.2, -0.15) is 0 Å². The zero-order valence-electron chi connectivity index (χ0n) is 15.1. The molecule has 2 rings (SSSR count). The summed E-state index contributed by atoms with van der Waals surface area (Å²) in [5, 5.41) is 3.26. The molecule has 0 aromatic rings. The van der Waals surface area contributed by atoms with Gasteiger partial charge in [0.15, 0.2) is 0 Å². The average Bonchev–Trinajstić information content (AvgIpc) is 3.16. The lowest BCUT2D eigenvalue weighted by atomic mass is 10.2. The number of ether oxygens (including phenoxy) is 5. The normalized spacial score (nSPS) is 26.7. The van der Waals surface area contributed by atoms with Crippen molar-refractivity contribution in [3.63, 3.8) is 0 Å². The van der Waals surface area contributed by atoms with Crippen LogP contribution in [0.4, 0.5) is 0 Å². The lowest BCUT2D eigenvalue weighted by Gasteiger charge is -2.25. The van der Waals surface area contributed by atoms with Crippen molar-refractivity contribution in [1.82, 2.24) is 10.2 Å². The van der Waals surface area contributed by atoms with Gasteiger partial charge in [0.25, 0.3) is 0 Å². The van der Waals surface area contributed by atoms with Gasteiger partial charge in [0.2, 0.25) is 5.91 Å². The van der Waals surface area contributed by atoms with Crippen molar-refractivity contribution in [2.75, 3.05) is 85.7 Å². The SMILES string of the molecule is O=C([C@@H]1CCCN1)N1CCOCCOCCOCCOCCOCC1. The van der Waals surface area contributed by atoms with Gasteiger partial charge in [-0.25, -0.2) is 0 Å². The van der Waals surface area contributed by atoms with Crippen molar-refractivity contribution < 1.29 is 28.5 Å². The molecule has 25 heavy (non-hydrogen) atoms. The van der Waals surface area contributed by atoms with E-state index in [0.29, 0.717) is 79.2 Å². The first-order valence-electron chi connectivity index (χ1n) is 9.29. The number of carbonyl (C=O) groups excluding carboxylic acids is 1. The van der Waals surface area contributed by atoms with Crippen molar-refractivity contribution >= 4 is 5.91 Å². The van der Waals surface area contributed by atoms with Crippen LogP contribution in [0.2, 0.25) is 0 Å². The molecule has 0 aromatic heterocycles. The molecule has 146 valence electrons. The number of rotatable bonds is 1. The summed E-state index contributed by atoms with van der Waals surface area (Å²) in [6.07, 6.45) is 1.95. The van der Waals surface area contributed by atoms with E-state index < -0.39 is 0 Å². The van der Waals surface area contributed by atoms with E-state index in [9.17, 15) is 4.79 Å². The minimum Gasteiger partial charge on any atom is -0.377 e. The second kappa shape index (κ2) is 13.4. The second-order valence-electron chi connectivity index (χ2n) is 6.04. The lowest BCUT2D eigenvalue weighted by Crippen LogP contribution is -2.46. The average molecular weight is 360 g/mol. The van der Waals surface area contributed by atoms with Crippen molar-refractivity contribution in [3.05, 3.63) is 0 Å². The molecule has 0 bridgehead atoms. The molecule has 2 aliphatic rings. The topological polar surface area (TPSA) is 78.5 Å². The molecule has 8 nitrogen and oxygen atoms in total. The molecule has 0 spiro atoms. The lowest BCUT2D eigenvalue weighted by molar-refractivity contribution is -0.134. The standard InChI is InChI=1S/C17H32N2O6/c20-17(16-2-1-3-18-16)19-4-6-21-8-10-23-12-14-25-15-13-24-11-9-22-7-5-19/h16,18H,1-15H2/t16-/m0/s1. The van der Waals surface area contributed by atoms with Crippen LogP contribution >= 0.6 is 0 Å². The van der Waals surface area contributed by atoms with Crippen LogP contribution in [0.25, 0.3) is 0 Å². The largest absolute Gasteiger partial charge is 0.377 e. The molecule has 2 aliphatic heterocycles. The first-order valence-corrected chi connectivity index (χ1v) is 9.29. The third-order valence-corrected chi connectivity index (χ3v) is 4.17. The van der Waals surface area contributed by atoms with E-state index in [2.05, 4.69) is 5.32 Å². The molecule has 1 atom stereocenters. The van der Waals surface area contributed by atoms with Crippen LogP contribution in [0.1, 0.15) is 12.8 Å². The zero-order valence-corrected chi connectivity index (χ0v) is 15.1. The van der Waals surface area contributed by atoms with E-state index in [4.69, 9.17) is 23.7 Å². The van der Waals surface area contributed by atoms with Gasteiger partial charge in [-0.15, -0.1) is 0 Å². The van der Waals surface area contributed by atoms with E-state index in [-0.39, 0.29) is 11.9 Å². The summed E-state index contributed by atoms with van der Waals surface area (Å²) in [5.41, 5.74) is 0. The van der Waals surface area contributed by atoms with Gasteiger partial charge < -0.3 is 33.9 Å². The molecule has 8 heteroatoms. The van der Waals surface area contributed by atoms with Crippen LogP contribution < -0.4 is 5.32 Å². The third-order valence-electron chi connectivity index (χ3n) is 4.17. The Bertz CT molecular complexity index is 334. The van der Waals surface area contributed by atoms with Gasteiger partial charge in [0, 0.05) is 13.1 Å². The van der Waals surface area contributed by atoms with Gasteiger partial charge in [-0.05, 0) is 19.4 Å². The molecule has 2 heterocycles. The summed E-state index contributed by atoms with van der Waals surface area (Å²) in [5.74, 6) is 0.142. The van der Waals surface area contributed by atoms with E-state index in [0.717, 1.165) is 19.4 Å². The quantitative estimate of drug-likeness (QED) is 0.686. The first kappa shape index (κ1) is 20.5.